The largest absolute Gasteiger partial charge is 0.381 e. The van der Waals surface area contributed by atoms with Crippen molar-refractivity contribution in [2.45, 2.75) is 33.1 Å². The Morgan fingerprint density at radius 3 is 2.25 bits per heavy atom. The van der Waals surface area contributed by atoms with Gasteiger partial charge in [0.15, 0.2) is 0 Å². The van der Waals surface area contributed by atoms with Gasteiger partial charge in [0.1, 0.15) is 0 Å². The molecular formula is C11H22N2O3. The summed E-state index contributed by atoms with van der Waals surface area (Å²) in [5.74, 6) is -1.15. The van der Waals surface area contributed by atoms with Crippen molar-refractivity contribution >= 4 is 11.8 Å². The first-order valence-corrected chi connectivity index (χ1v) is 5.86. The van der Waals surface area contributed by atoms with Gasteiger partial charge in [-0.05, 0) is 19.8 Å². The van der Waals surface area contributed by atoms with Crippen LogP contribution in [-0.4, -0.2) is 38.1 Å². The van der Waals surface area contributed by atoms with Crippen LogP contribution < -0.4 is 10.6 Å². The van der Waals surface area contributed by atoms with Crippen molar-refractivity contribution in [2.24, 2.45) is 0 Å². The molecule has 0 bridgehead atoms. The number of carbonyl (C=O) groups excluding carboxylic acids is 2. The van der Waals surface area contributed by atoms with E-state index in [4.69, 9.17) is 4.74 Å². The summed E-state index contributed by atoms with van der Waals surface area (Å²) in [6.07, 6.45) is 2.91. The molecule has 0 aliphatic rings. The van der Waals surface area contributed by atoms with Gasteiger partial charge >= 0.3 is 11.8 Å². The van der Waals surface area contributed by atoms with Crippen LogP contribution in [0.4, 0.5) is 0 Å². The molecule has 0 unspecified atom stereocenters. The minimum Gasteiger partial charge on any atom is -0.381 e. The zero-order valence-electron chi connectivity index (χ0n) is 10.2. The Hall–Kier alpha value is -1.10. The summed E-state index contributed by atoms with van der Waals surface area (Å²) in [7, 11) is 0. The number of likely N-dealkylation sites (N-methyl/N-ethyl adjacent to an activating group) is 1. The molecule has 0 atom stereocenters. The molecule has 0 heterocycles. The zero-order chi connectivity index (χ0) is 12.2. The van der Waals surface area contributed by atoms with E-state index in [2.05, 4.69) is 17.6 Å². The van der Waals surface area contributed by atoms with Crippen molar-refractivity contribution in [3.8, 4) is 0 Å². The number of carbonyl (C=O) groups is 2. The van der Waals surface area contributed by atoms with E-state index in [9.17, 15) is 9.59 Å². The van der Waals surface area contributed by atoms with Crippen molar-refractivity contribution in [1.29, 1.82) is 0 Å². The van der Waals surface area contributed by atoms with E-state index in [-0.39, 0.29) is 0 Å². The van der Waals surface area contributed by atoms with Crippen LogP contribution >= 0.6 is 0 Å². The highest BCUT2D eigenvalue weighted by molar-refractivity contribution is 6.35. The molecule has 0 aromatic heterocycles. The lowest BCUT2D eigenvalue weighted by Gasteiger charge is -2.05. The Labute approximate surface area is 96.9 Å². The van der Waals surface area contributed by atoms with E-state index in [1.54, 1.807) is 6.92 Å². The molecule has 0 aromatic rings. The highest BCUT2D eigenvalue weighted by atomic mass is 16.5. The third-order valence-electron chi connectivity index (χ3n) is 1.94. The standard InChI is InChI=1S/C11H22N2O3/c1-3-5-8-16-9-6-7-13-11(15)10(14)12-4-2/h3-9H2,1-2H3,(H,12,14)(H,13,15). The maximum atomic E-state index is 11.1. The first kappa shape index (κ1) is 14.9. The minimum absolute atomic E-state index is 0.465. The van der Waals surface area contributed by atoms with Crippen LogP contribution in [0.5, 0.6) is 0 Å². The Balaban J connectivity index is 3.31. The SMILES string of the molecule is CCCCOCCCNC(=O)C(=O)NCC. The first-order chi connectivity index (χ1) is 7.72. The molecule has 0 radical (unpaired) electrons. The van der Waals surface area contributed by atoms with Gasteiger partial charge in [0.05, 0.1) is 0 Å². The number of rotatable bonds is 8. The number of unbranched alkanes of at least 4 members (excludes halogenated alkanes) is 1. The van der Waals surface area contributed by atoms with Crippen molar-refractivity contribution < 1.29 is 14.3 Å². The molecule has 2 N–H and O–H groups in total. The normalized spacial score (nSPS) is 9.88. The van der Waals surface area contributed by atoms with Crippen molar-refractivity contribution in [3.05, 3.63) is 0 Å². The van der Waals surface area contributed by atoms with Gasteiger partial charge < -0.3 is 15.4 Å². The fourth-order valence-corrected chi connectivity index (χ4v) is 1.05. The highest BCUT2D eigenvalue weighted by Crippen LogP contribution is 1.88. The van der Waals surface area contributed by atoms with Crippen molar-refractivity contribution in [3.63, 3.8) is 0 Å². The third-order valence-corrected chi connectivity index (χ3v) is 1.94. The molecule has 0 fully saturated rings. The Bertz CT molecular complexity index is 207. The highest BCUT2D eigenvalue weighted by Gasteiger charge is 2.10. The smallest absolute Gasteiger partial charge is 0.309 e. The number of nitrogens with one attached hydrogen (secondary N) is 2. The second-order valence-corrected chi connectivity index (χ2v) is 3.43. The maximum absolute atomic E-state index is 11.1. The van der Waals surface area contributed by atoms with Crippen LogP contribution in [0, 0.1) is 0 Å². The van der Waals surface area contributed by atoms with Crippen LogP contribution in [-0.2, 0) is 14.3 Å². The average molecular weight is 230 g/mol. The summed E-state index contributed by atoms with van der Waals surface area (Å²) in [6, 6.07) is 0. The van der Waals surface area contributed by atoms with Crippen molar-refractivity contribution in [2.75, 3.05) is 26.3 Å². The van der Waals surface area contributed by atoms with Gasteiger partial charge in [-0.25, -0.2) is 0 Å². The molecule has 0 spiro atoms. The van der Waals surface area contributed by atoms with Gasteiger partial charge in [-0.1, -0.05) is 13.3 Å². The zero-order valence-corrected chi connectivity index (χ0v) is 10.2. The Kier molecular flexibility index (Phi) is 9.70. The average Bonchev–Trinajstić information content (AvgIpc) is 2.28. The number of hydrogen-bond acceptors (Lipinski definition) is 3. The van der Waals surface area contributed by atoms with Crippen LogP contribution in [0.3, 0.4) is 0 Å². The molecule has 0 saturated heterocycles. The Morgan fingerprint density at radius 2 is 1.62 bits per heavy atom. The summed E-state index contributed by atoms with van der Waals surface area (Å²) in [5.41, 5.74) is 0. The van der Waals surface area contributed by atoms with E-state index < -0.39 is 11.8 Å². The van der Waals surface area contributed by atoms with Gasteiger partial charge in [-0.2, -0.15) is 0 Å². The summed E-state index contributed by atoms with van der Waals surface area (Å²) >= 11 is 0. The van der Waals surface area contributed by atoms with Gasteiger partial charge in [0.25, 0.3) is 0 Å². The molecule has 5 heteroatoms. The van der Waals surface area contributed by atoms with E-state index in [1.807, 2.05) is 0 Å². The van der Waals surface area contributed by atoms with E-state index in [1.165, 1.54) is 0 Å². The van der Waals surface area contributed by atoms with Crippen molar-refractivity contribution in [1.82, 2.24) is 10.6 Å². The lowest BCUT2D eigenvalue weighted by atomic mass is 10.3. The van der Waals surface area contributed by atoms with Gasteiger partial charge in [-0.3, -0.25) is 9.59 Å². The van der Waals surface area contributed by atoms with Crippen LogP contribution in [0.2, 0.25) is 0 Å². The number of hydrogen-bond donors (Lipinski definition) is 2. The molecule has 0 aromatic carbocycles. The third kappa shape index (κ3) is 8.23. The van der Waals surface area contributed by atoms with Crippen LogP contribution in [0.25, 0.3) is 0 Å². The maximum Gasteiger partial charge on any atom is 0.309 e. The number of ether oxygens (including phenoxy) is 1. The van der Waals surface area contributed by atoms with E-state index in [0.29, 0.717) is 19.7 Å². The van der Waals surface area contributed by atoms with E-state index >= 15 is 0 Å². The summed E-state index contributed by atoms with van der Waals surface area (Å²) < 4.78 is 5.31. The molecule has 0 rings (SSSR count). The van der Waals surface area contributed by atoms with Gasteiger partial charge in [0.2, 0.25) is 0 Å². The molecule has 5 nitrogen and oxygen atoms in total. The predicted molar refractivity (Wildman–Crippen MR) is 62.0 cm³/mol. The number of amides is 2. The van der Waals surface area contributed by atoms with Crippen LogP contribution in [0.15, 0.2) is 0 Å². The monoisotopic (exact) mass is 230 g/mol. The molecule has 16 heavy (non-hydrogen) atoms. The molecular weight excluding hydrogens is 208 g/mol. The second kappa shape index (κ2) is 10.4. The molecule has 0 saturated carbocycles. The minimum atomic E-state index is -0.575. The molecule has 94 valence electrons. The fraction of sp³-hybridized carbons (Fsp3) is 0.818. The molecule has 2 amide bonds. The lowest BCUT2D eigenvalue weighted by molar-refractivity contribution is -0.139. The summed E-state index contributed by atoms with van der Waals surface area (Å²) in [4.78, 5) is 22.1. The topological polar surface area (TPSA) is 67.4 Å². The fourth-order valence-electron chi connectivity index (χ4n) is 1.05. The molecule has 0 aliphatic heterocycles. The summed E-state index contributed by atoms with van der Waals surface area (Å²) in [6.45, 7) is 6.20. The molecule has 0 aliphatic carbocycles. The van der Waals surface area contributed by atoms with E-state index in [0.717, 1.165) is 25.9 Å². The Morgan fingerprint density at radius 1 is 1.00 bits per heavy atom. The predicted octanol–water partition coefficient (Wildman–Crippen LogP) is 0.446. The summed E-state index contributed by atoms with van der Waals surface area (Å²) in [5, 5.41) is 4.96. The first-order valence-electron chi connectivity index (χ1n) is 5.86. The second-order valence-electron chi connectivity index (χ2n) is 3.43. The van der Waals surface area contributed by atoms with Gasteiger partial charge in [-0.15, -0.1) is 0 Å². The van der Waals surface area contributed by atoms with Crippen LogP contribution in [0.1, 0.15) is 33.1 Å². The lowest BCUT2D eigenvalue weighted by Crippen LogP contribution is -2.40. The van der Waals surface area contributed by atoms with Gasteiger partial charge in [0, 0.05) is 26.3 Å². The quantitative estimate of drug-likeness (QED) is 0.470.